The smallest absolute Gasteiger partial charge is 0.347 e. The minimum atomic E-state index is -5.12. The topological polar surface area (TPSA) is 46.2 Å². The average Bonchev–Trinajstić information content (AvgIpc) is 2.77. The molecule has 0 saturated carbocycles. The lowest BCUT2D eigenvalue weighted by Crippen LogP contribution is -2.37. The van der Waals surface area contributed by atoms with Gasteiger partial charge in [0.25, 0.3) is 0 Å². The Balaban J connectivity index is 2.34. The Labute approximate surface area is 210 Å². The van der Waals surface area contributed by atoms with E-state index in [0.717, 1.165) is 43.3 Å². The van der Waals surface area contributed by atoms with Crippen LogP contribution in [0.4, 0.5) is 43.9 Å². The second-order valence-corrected chi connectivity index (χ2v) is 8.55. The molecule has 0 aliphatic carbocycles. The summed E-state index contributed by atoms with van der Waals surface area (Å²) in [5.41, 5.74) is -3.12. The van der Waals surface area contributed by atoms with Gasteiger partial charge in [0.1, 0.15) is 12.4 Å². The van der Waals surface area contributed by atoms with Gasteiger partial charge in [-0.1, -0.05) is 43.3 Å². The molecular formula is C25H21F10NO2. The fourth-order valence-electron chi connectivity index (χ4n) is 3.46. The van der Waals surface area contributed by atoms with Crippen LogP contribution in [0.5, 0.6) is 0 Å². The number of ketones is 1. The number of nitrogens with one attached hydrogen (secondary N) is 1. The van der Waals surface area contributed by atoms with Crippen molar-refractivity contribution in [3.63, 3.8) is 0 Å². The van der Waals surface area contributed by atoms with Crippen LogP contribution in [-0.2, 0) is 11.0 Å². The van der Waals surface area contributed by atoms with Crippen molar-refractivity contribution in [3.8, 4) is 0 Å². The molecule has 1 N–H and O–H groups in total. The highest BCUT2D eigenvalue weighted by Gasteiger charge is 2.39. The Kier molecular flexibility index (Phi) is 9.39. The van der Waals surface area contributed by atoms with Crippen molar-refractivity contribution in [1.82, 2.24) is 5.32 Å². The zero-order valence-electron chi connectivity index (χ0n) is 19.8. The van der Waals surface area contributed by atoms with Crippen LogP contribution in [0.1, 0.15) is 51.9 Å². The number of Topliss-reactive ketones (excluding diaryl/α,β-unsaturated/α-hetero) is 1. The molecule has 0 aliphatic heterocycles. The first-order valence-corrected chi connectivity index (χ1v) is 10.9. The number of halogens is 10. The van der Waals surface area contributed by atoms with Crippen molar-refractivity contribution in [3.05, 3.63) is 76.1 Å². The predicted molar refractivity (Wildman–Crippen MR) is 118 cm³/mol. The molecule has 0 spiro atoms. The average molecular weight is 557 g/mol. The molecule has 208 valence electrons. The molecule has 38 heavy (non-hydrogen) atoms. The Morgan fingerprint density at radius 3 is 2.11 bits per heavy atom. The van der Waals surface area contributed by atoms with Crippen LogP contribution in [0.3, 0.4) is 0 Å². The van der Waals surface area contributed by atoms with Gasteiger partial charge in [0, 0.05) is 17.9 Å². The first kappa shape index (κ1) is 30.8. The third kappa shape index (κ3) is 8.59. The van der Waals surface area contributed by atoms with Crippen LogP contribution in [0.15, 0.2) is 42.5 Å². The Bertz CT molecular complexity index is 1200. The molecule has 1 unspecified atom stereocenters. The minimum absolute atomic E-state index is 0.0614. The molecule has 2 atom stereocenters. The van der Waals surface area contributed by atoms with E-state index in [0.29, 0.717) is 12.1 Å². The maximum atomic E-state index is 13.7. The van der Waals surface area contributed by atoms with Crippen LogP contribution in [0, 0.1) is 18.7 Å². The zero-order valence-corrected chi connectivity index (χ0v) is 19.8. The molecule has 0 heterocycles. The van der Waals surface area contributed by atoms with Crippen molar-refractivity contribution in [2.75, 3.05) is 6.54 Å². The molecule has 0 bridgehead atoms. The number of hydrogen-bond donors (Lipinski definition) is 1. The molecule has 0 aliphatic rings. The van der Waals surface area contributed by atoms with Gasteiger partial charge in [-0.2, -0.15) is 39.5 Å². The maximum Gasteiger partial charge on any atom is 0.417 e. The fourth-order valence-corrected chi connectivity index (χ4v) is 3.46. The molecule has 2 rings (SSSR count). The van der Waals surface area contributed by atoms with Crippen LogP contribution < -0.4 is 5.32 Å². The van der Waals surface area contributed by atoms with E-state index in [2.05, 4.69) is 0 Å². The molecular weight excluding hydrogens is 536 g/mol. The van der Waals surface area contributed by atoms with Crippen LogP contribution in [0.2, 0.25) is 0 Å². The van der Waals surface area contributed by atoms with Crippen LogP contribution in [0.25, 0.3) is 6.08 Å². The van der Waals surface area contributed by atoms with E-state index in [1.807, 2.05) is 0 Å². The Morgan fingerprint density at radius 2 is 1.58 bits per heavy atom. The standard InChI is InChI=1S/C25H21F10NO2/c1-13-9-16(5-8-20(13)26)18(24(30,31)32)7-4-15-3-6-17(19(11-15)25(33,34)35)21(37)10-14(2)22(38)36-12-23(27,28)29/h3-9,11,14,18H,10,12H2,1-2H3,(H,36,38)/b7-4+/t14-,18?/m0/s1. The first-order chi connectivity index (χ1) is 17.3. The summed E-state index contributed by atoms with van der Waals surface area (Å²) in [6.45, 7) is 0.625. The first-order valence-electron chi connectivity index (χ1n) is 10.9. The van der Waals surface area contributed by atoms with Crippen molar-refractivity contribution in [2.24, 2.45) is 5.92 Å². The third-order valence-electron chi connectivity index (χ3n) is 5.43. The van der Waals surface area contributed by atoms with Crippen molar-refractivity contribution < 1.29 is 53.5 Å². The largest absolute Gasteiger partial charge is 0.417 e. The molecule has 0 aromatic heterocycles. The zero-order chi connectivity index (χ0) is 29.1. The predicted octanol–water partition coefficient (Wildman–Crippen LogP) is 7.40. The Morgan fingerprint density at radius 1 is 0.947 bits per heavy atom. The normalized spacial score (nSPS) is 14.4. The second kappa shape index (κ2) is 11.6. The molecule has 0 saturated heterocycles. The maximum absolute atomic E-state index is 13.7. The molecule has 2 aromatic carbocycles. The summed E-state index contributed by atoms with van der Waals surface area (Å²) in [7, 11) is 0. The number of amides is 1. The number of rotatable bonds is 8. The number of hydrogen-bond acceptors (Lipinski definition) is 2. The highest BCUT2D eigenvalue weighted by atomic mass is 19.4. The van der Waals surface area contributed by atoms with Crippen molar-refractivity contribution >= 4 is 17.8 Å². The summed E-state index contributed by atoms with van der Waals surface area (Å²) < 4.78 is 132. The van der Waals surface area contributed by atoms with E-state index < -0.39 is 72.0 Å². The molecule has 2 aromatic rings. The minimum Gasteiger partial charge on any atom is -0.347 e. The quantitative estimate of drug-likeness (QED) is 0.272. The van der Waals surface area contributed by atoms with Crippen LogP contribution >= 0.6 is 0 Å². The lowest BCUT2D eigenvalue weighted by atomic mass is 9.92. The molecule has 13 heteroatoms. The molecule has 3 nitrogen and oxygen atoms in total. The summed E-state index contributed by atoms with van der Waals surface area (Å²) in [5.74, 6) is -6.79. The van der Waals surface area contributed by atoms with Crippen molar-refractivity contribution in [2.45, 2.75) is 44.7 Å². The van der Waals surface area contributed by atoms with Crippen molar-refractivity contribution in [1.29, 1.82) is 0 Å². The van der Waals surface area contributed by atoms with E-state index in [-0.39, 0.29) is 16.7 Å². The summed E-state index contributed by atoms with van der Waals surface area (Å²) in [6.07, 6.45) is -14.2. The van der Waals surface area contributed by atoms with E-state index in [1.165, 1.54) is 12.2 Å². The number of allylic oxidation sites excluding steroid dienone is 1. The number of carbonyl (C=O) groups is 2. The lowest BCUT2D eigenvalue weighted by molar-refractivity contribution is -0.140. The highest BCUT2D eigenvalue weighted by molar-refractivity contribution is 6.00. The van der Waals surface area contributed by atoms with Gasteiger partial charge in [0.05, 0.1) is 11.5 Å². The highest BCUT2D eigenvalue weighted by Crippen LogP contribution is 2.38. The van der Waals surface area contributed by atoms with Gasteiger partial charge in [-0.05, 0) is 35.7 Å². The lowest BCUT2D eigenvalue weighted by Gasteiger charge is -2.18. The number of alkyl halides is 9. The summed E-state index contributed by atoms with van der Waals surface area (Å²) in [5, 5.41) is 1.53. The van der Waals surface area contributed by atoms with Gasteiger partial charge < -0.3 is 5.32 Å². The number of benzene rings is 2. The summed E-state index contributed by atoms with van der Waals surface area (Å²) >= 11 is 0. The van der Waals surface area contributed by atoms with Gasteiger partial charge in [0.15, 0.2) is 5.78 Å². The third-order valence-corrected chi connectivity index (χ3v) is 5.43. The fraction of sp³-hybridized carbons (Fsp3) is 0.360. The van der Waals surface area contributed by atoms with E-state index in [4.69, 9.17) is 0 Å². The Hall–Kier alpha value is -3.38. The van der Waals surface area contributed by atoms with Gasteiger partial charge in [-0.15, -0.1) is 0 Å². The molecule has 0 radical (unpaired) electrons. The second-order valence-electron chi connectivity index (χ2n) is 8.55. The molecule has 0 fully saturated rings. The summed E-state index contributed by atoms with van der Waals surface area (Å²) in [6, 6.07) is 4.82. The van der Waals surface area contributed by atoms with E-state index in [1.54, 1.807) is 0 Å². The van der Waals surface area contributed by atoms with E-state index in [9.17, 15) is 53.5 Å². The van der Waals surface area contributed by atoms with E-state index >= 15 is 0 Å². The SMILES string of the molecule is Cc1cc(C(/C=C/c2ccc(C(=O)C[C@H](C)C(=O)NCC(F)(F)F)c(C(F)(F)F)c2)C(F)(F)F)ccc1F. The number of aryl methyl sites for hydroxylation is 1. The van der Waals surface area contributed by atoms with Crippen LogP contribution in [-0.4, -0.2) is 30.6 Å². The molecule has 1 amide bonds. The van der Waals surface area contributed by atoms with Gasteiger partial charge in [-0.3, -0.25) is 9.59 Å². The number of carbonyl (C=O) groups excluding carboxylic acids is 2. The van der Waals surface area contributed by atoms with Gasteiger partial charge in [0.2, 0.25) is 5.91 Å². The summed E-state index contributed by atoms with van der Waals surface area (Å²) in [4.78, 5) is 24.3. The van der Waals surface area contributed by atoms with Gasteiger partial charge >= 0.3 is 18.5 Å². The monoisotopic (exact) mass is 557 g/mol. The van der Waals surface area contributed by atoms with Gasteiger partial charge in [-0.25, -0.2) is 4.39 Å².